The van der Waals surface area contributed by atoms with Crippen LogP contribution in [0.4, 0.5) is 11.4 Å². The topological polar surface area (TPSA) is 74.6 Å². The van der Waals surface area contributed by atoms with Gasteiger partial charge in [0.25, 0.3) is 0 Å². The van der Waals surface area contributed by atoms with Gasteiger partial charge in [0.15, 0.2) is 0 Å². The maximum Gasteiger partial charge on any atom is 0.238 e. The van der Waals surface area contributed by atoms with Crippen LogP contribution in [0.1, 0.15) is 28.0 Å². The molecule has 1 aromatic heterocycles. The van der Waals surface area contributed by atoms with E-state index in [1.54, 1.807) is 17.2 Å². The number of furan rings is 1. The van der Waals surface area contributed by atoms with Crippen LogP contribution in [0.15, 0.2) is 59.2 Å². The van der Waals surface area contributed by atoms with Gasteiger partial charge < -0.3 is 15.1 Å². The van der Waals surface area contributed by atoms with Crippen LogP contribution in [0.2, 0.25) is 0 Å². The van der Waals surface area contributed by atoms with Crippen molar-refractivity contribution in [2.24, 2.45) is 0 Å². The van der Waals surface area contributed by atoms with E-state index in [2.05, 4.69) is 10.6 Å². The summed E-state index contributed by atoms with van der Waals surface area (Å²) in [6, 6.07) is 15.2. The highest BCUT2D eigenvalue weighted by atomic mass is 16.3. The molecule has 2 aromatic carbocycles. The second-order valence-electron chi connectivity index (χ2n) is 7.82. The summed E-state index contributed by atoms with van der Waals surface area (Å²) >= 11 is 0. The monoisotopic (exact) mass is 419 g/mol. The van der Waals surface area contributed by atoms with Crippen LogP contribution < -0.4 is 10.6 Å². The number of rotatable bonds is 8. The quantitative estimate of drug-likeness (QED) is 0.560. The van der Waals surface area contributed by atoms with Crippen molar-refractivity contribution in [3.63, 3.8) is 0 Å². The zero-order valence-corrected chi connectivity index (χ0v) is 18.5. The molecule has 6 nitrogen and oxygen atoms in total. The van der Waals surface area contributed by atoms with Gasteiger partial charge in [-0.15, -0.1) is 0 Å². The smallest absolute Gasteiger partial charge is 0.238 e. The fourth-order valence-corrected chi connectivity index (χ4v) is 3.35. The van der Waals surface area contributed by atoms with Crippen molar-refractivity contribution in [1.29, 1.82) is 0 Å². The Morgan fingerprint density at radius 2 is 1.29 bits per heavy atom. The second kappa shape index (κ2) is 10.1. The Bertz CT molecular complexity index is 990. The highest BCUT2D eigenvalue weighted by Gasteiger charge is 2.18. The van der Waals surface area contributed by atoms with Crippen molar-refractivity contribution >= 4 is 23.2 Å². The molecule has 31 heavy (non-hydrogen) atoms. The van der Waals surface area contributed by atoms with Crippen LogP contribution in [-0.2, 0) is 16.1 Å². The summed E-state index contributed by atoms with van der Waals surface area (Å²) < 4.78 is 5.43. The van der Waals surface area contributed by atoms with Crippen molar-refractivity contribution in [3.8, 4) is 0 Å². The standard InChI is InChI=1S/C25H29N3O3/c1-17-8-5-11-22(19(17)3)26-24(29)15-28(14-21-10-7-13-31-21)16-25(30)27-23-12-6-9-18(2)20(23)4/h5-13H,14-16H2,1-4H3,(H,26,29)(H,27,30). The molecule has 0 spiro atoms. The zero-order valence-electron chi connectivity index (χ0n) is 18.5. The first-order valence-corrected chi connectivity index (χ1v) is 10.3. The molecule has 0 saturated carbocycles. The fraction of sp³-hybridized carbons (Fsp3) is 0.280. The lowest BCUT2D eigenvalue weighted by atomic mass is 10.1. The highest BCUT2D eigenvalue weighted by molar-refractivity contribution is 5.95. The summed E-state index contributed by atoms with van der Waals surface area (Å²) in [5.74, 6) is 0.332. The number of benzene rings is 2. The molecule has 0 aliphatic rings. The lowest BCUT2D eigenvalue weighted by molar-refractivity contribution is -0.120. The normalized spacial score (nSPS) is 10.9. The van der Waals surface area contributed by atoms with Crippen LogP contribution in [-0.4, -0.2) is 29.8 Å². The number of hydrogen-bond acceptors (Lipinski definition) is 4. The minimum Gasteiger partial charge on any atom is -0.468 e. The molecule has 2 N–H and O–H groups in total. The Hall–Kier alpha value is -3.38. The molecule has 0 atom stereocenters. The molecule has 0 aliphatic heterocycles. The first-order valence-electron chi connectivity index (χ1n) is 10.3. The summed E-state index contributed by atoms with van der Waals surface area (Å²) in [7, 11) is 0. The lowest BCUT2D eigenvalue weighted by Gasteiger charge is -2.21. The molecule has 0 aliphatic carbocycles. The van der Waals surface area contributed by atoms with Gasteiger partial charge in [-0.05, 0) is 74.2 Å². The molecule has 2 amide bonds. The maximum atomic E-state index is 12.7. The minimum atomic E-state index is -0.181. The van der Waals surface area contributed by atoms with Gasteiger partial charge in [-0.2, -0.15) is 0 Å². The molecule has 1 heterocycles. The Morgan fingerprint density at radius 1 is 0.774 bits per heavy atom. The molecule has 162 valence electrons. The first kappa shape index (κ1) is 22.3. The molecule has 0 bridgehead atoms. The summed E-state index contributed by atoms with van der Waals surface area (Å²) in [6.07, 6.45) is 1.58. The van der Waals surface area contributed by atoms with E-state index in [-0.39, 0.29) is 24.9 Å². The number of aryl methyl sites for hydroxylation is 2. The number of carbonyl (C=O) groups excluding carboxylic acids is 2. The number of anilines is 2. The van der Waals surface area contributed by atoms with Gasteiger partial charge in [0, 0.05) is 11.4 Å². The average molecular weight is 420 g/mol. The van der Waals surface area contributed by atoms with Gasteiger partial charge in [0.1, 0.15) is 5.76 Å². The molecule has 0 saturated heterocycles. The summed E-state index contributed by atoms with van der Waals surface area (Å²) in [5.41, 5.74) is 5.84. The summed E-state index contributed by atoms with van der Waals surface area (Å²) in [6.45, 7) is 8.44. The molecule has 0 fully saturated rings. The first-order chi connectivity index (χ1) is 14.8. The third-order valence-corrected chi connectivity index (χ3v) is 5.45. The van der Waals surface area contributed by atoms with Crippen molar-refractivity contribution in [1.82, 2.24) is 4.90 Å². The molecular weight excluding hydrogens is 390 g/mol. The molecule has 0 unspecified atom stereocenters. The third-order valence-electron chi connectivity index (χ3n) is 5.45. The molecule has 3 rings (SSSR count). The predicted octanol–water partition coefficient (Wildman–Crippen LogP) is 4.59. The van der Waals surface area contributed by atoms with Crippen LogP contribution in [0.25, 0.3) is 0 Å². The molecular formula is C25H29N3O3. The second-order valence-corrected chi connectivity index (χ2v) is 7.82. The maximum absolute atomic E-state index is 12.7. The Balaban J connectivity index is 1.68. The van der Waals surface area contributed by atoms with Gasteiger partial charge in [-0.25, -0.2) is 0 Å². The molecule has 0 radical (unpaired) electrons. The van der Waals surface area contributed by atoms with E-state index in [0.717, 1.165) is 33.6 Å². The molecule has 6 heteroatoms. The van der Waals surface area contributed by atoms with Crippen LogP contribution in [0, 0.1) is 27.7 Å². The zero-order chi connectivity index (χ0) is 22.4. The third kappa shape index (κ3) is 6.06. The number of amides is 2. The number of hydrogen-bond donors (Lipinski definition) is 2. The number of nitrogens with one attached hydrogen (secondary N) is 2. The van der Waals surface area contributed by atoms with Crippen LogP contribution >= 0.6 is 0 Å². The van der Waals surface area contributed by atoms with E-state index in [0.29, 0.717) is 12.3 Å². The lowest BCUT2D eigenvalue weighted by Crippen LogP contribution is -2.38. The van der Waals surface area contributed by atoms with Crippen molar-refractivity contribution in [2.75, 3.05) is 23.7 Å². The van der Waals surface area contributed by atoms with E-state index < -0.39 is 0 Å². The fourth-order valence-electron chi connectivity index (χ4n) is 3.35. The van der Waals surface area contributed by atoms with Crippen molar-refractivity contribution < 1.29 is 14.0 Å². The summed E-state index contributed by atoms with van der Waals surface area (Å²) in [4.78, 5) is 27.2. The van der Waals surface area contributed by atoms with Crippen molar-refractivity contribution in [2.45, 2.75) is 34.2 Å². The van der Waals surface area contributed by atoms with Gasteiger partial charge in [-0.3, -0.25) is 14.5 Å². The molecule has 3 aromatic rings. The van der Waals surface area contributed by atoms with E-state index >= 15 is 0 Å². The van der Waals surface area contributed by atoms with Crippen LogP contribution in [0.5, 0.6) is 0 Å². The van der Waals surface area contributed by atoms with E-state index in [1.807, 2.05) is 70.2 Å². The van der Waals surface area contributed by atoms with Crippen LogP contribution in [0.3, 0.4) is 0 Å². The summed E-state index contributed by atoms with van der Waals surface area (Å²) in [5, 5.41) is 5.92. The van der Waals surface area contributed by atoms with Gasteiger partial charge >= 0.3 is 0 Å². The van der Waals surface area contributed by atoms with Gasteiger partial charge in [0.2, 0.25) is 11.8 Å². The highest BCUT2D eigenvalue weighted by Crippen LogP contribution is 2.19. The predicted molar refractivity (Wildman–Crippen MR) is 123 cm³/mol. The Labute approximate surface area is 183 Å². The van der Waals surface area contributed by atoms with Crippen molar-refractivity contribution in [3.05, 3.63) is 82.8 Å². The van der Waals surface area contributed by atoms with E-state index in [1.165, 1.54) is 0 Å². The van der Waals surface area contributed by atoms with Gasteiger partial charge in [0.05, 0.1) is 25.9 Å². The Morgan fingerprint density at radius 3 is 1.74 bits per heavy atom. The van der Waals surface area contributed by atoms with E-state index in [4.69, 9.17) is 4.42 Å². The minimum absolute atomic E-state index is 0.0638. The average Bonchev–Trinajstić information content (AvgIpc) is 3.22. The number of nitrogens with zero attached hydrogens (tertiary/aromatic N) is 1. The Kier molecular flexibility index (Phi) is 7.26. The number of carbonyl (C=O) groups is 2. The van der Waals surface area contributed by atoms with Gasteiger partial charge in [-0.1, -0.05) is 24.3 Å². The SMILES string of the molecule is Cc1cccc(NC(=O)CN(CC(=O)Nc2cccc(C)c2C)Cc2ccco2)c1C. The largest absolute Gasteiger partial charge is 0.468 e. The van der Waals surface area contributed by atoms with E-state index in [9.17, 15) is 9.59 Å².